The fraction of sp³-hybridized carbons (Fsp3) is 0.389. The largest absolute Gasteiger partial charge is 0.359 e. The monoisotopic (exact) mass is 328 g/mol. The van der Waals surface area contributed by atoms with Crippen LogP contribution >= 0.6 is 0 Å². The molecule has 1 heterocycles. The van der Waals surface area contributed by atoms with Crippen LogP contribution in [0.5, 0.6) is 0 Å². The molecule has 1 aromatic heterocycles. The second-order valence-electron chi connectivity index (χ2n) is 6.06. The van der Waals surface area contributed by atoms with Gasteiger partial charge in [-0.15, -0.1) is 0 Å². The van der Waals surface area contributed by atoms with Gasteiger partial charge in [0.15, 0.2) is 0 Å². The molecule has 1 aromatic carbocycles. The molecule has 6 heteroatoms. The van der Waals surface area contributed by atoms with Crippen molar-refractivity contribution < 1.29 is 9.47 Å². The van der Waals surface area contributed by atoms with Crippen molar-refractivity contribution in [3.8, 4) is 0 Å². The maximum atomic E-state index is 6.56. The smallest absolute Gasteiger partial charge is 0.146 e. The van der Waals surface area contributed by atoms with E-state index in [1.54, 1.807) is 7.11 Å². The van der Waals surface area contributed by atoms with Crippen LogP contribution in [0.4, 0.5) is 0 Å². The number of allylic oxidation sites excluding steroid dienone is 2. The minimum Gasteiger partial charge on any atom is -0.359 e. The zero-order valence-corrected chi connectivity index (χ0v) is 14.1. The Hall–Kier alpha value is -1.99. The molecule has 3 rings (SSSR count). The Balaban J connectivity index is 1.91. The number of nitrogens with zero attached hydrogens (tertiary/aromatic N) is 2. The summed E-state index contributed by atoms with van der Waals surface area (Å²) >= 11 is 0. The third-order valence-electron chi connectivity index (χ3n) is 4.44. The first-order valence-corrected chi connectivity index (χ1v) is 8.01. The molecule has 24 heavy (non-hydrogen) atoms. The average molecular weight is 328 g/mol. The number of fused-ring (bicyclic) bond motifs is 1. The lowest BCUT2D eigenvalue weighted by Crippen LogP contribution is -2.50. The van der Waals surface area contributed by atoms with Crippen LogP contribution in [0.25, 0.3) is 10.9 Å². The highest BCUT2D eigenvalue weighted by molar-refractivity contribution is 5.83. The summed E-state index contributed by atoms with van der Waals surface area (Å²) in [4.78, 5) is 0. The van der Waals surface area contributed by atoms with Gasteiger partial charge in [0.05, 0.1) is 29.9 Å². The van der Waals surface area contributed by atoms with Crippen molar-refractivity contribution >= 4 is 10.9 Å². The Bertz CT molecular complexity index is 781. The zero-order chi connectivity index (χ0) is 17.2. The van der Waals surface area contributed by atoms with E-state index in [1.807, 2.05) is 42.0 Å². The molecule has 0 radical (unpaired) electrons. The second kappa shape index (κ2) is 6.86. The van der Waals surface area contributed by atoms with Crippen molar-refractivity contribution in [1.82, 2.24) is 9.78 Å². The number of benzene rings is 1. The van der Waals surface area contributed by atoms with Crippen LogP contribution in [0.15, 0.2) is 42.5 Å². The average Bonchev–Trinajstić information content (AvgIpc) is 2.90. The van der Waals surface area contributed by atoms with Gasteiger partial charge in [-0.3, -0.25) is 4.68 Å². The van der Waals surface area contributed by atoms with Gasteiger partial charge >= 0.3 is 0 Å². The van der Waals surface area contributed by atoms with Gasteiger partial charge in [-0.25, -0.2) is 0 Å². The minimum absolute atomic E-state index is 0.252. The Morgan fingerprint density at radius 3 is 2.92 bits per heavy atom. The van der Waals surface area contributed by atoms with Crippen molar-refractivity contribution in [3.63, 3.8) is 0 Å². The number of ether oxygens (including phenoxy) is 2. The minimum atomic E-state index is -0.695. The van der Waals surface area contributed by atoms with E-state index in [0.29, 0.717) is 13.2 Å². The van der Waals surface area contributed by atoms with Crippen LogP contribution in [-0.2, 0) is 21.6 Å². The summed E-state index contributed by atoms with van der Waals surface area (Å²) < 4.78 is 12.2. The van der Waals surface area contributed by atoms with Gasteiger partial charge in [-0.05, 0) is 24.6 Å². The van der Waals surface area contributed by atoms with Crippen molar-refractivity contribution in [2.75, 3.05) is 20.5 Å². The number of hydrogen-bond donors (Lipinski definition) is 2. The Kier molecular flexibility index (Phi) is 4.82. The molecule has 128 valence electrons. The molecule has 6 nitrogen and oxygen atoms in total. The highest BCUT2D eigenvalue weighted by atomic mass is 16.7. The van der Waals surface area contributed by atoms with Crippen LogP contribution in [0.3, 0.4) is 0 Å². The number of hydrogen-bond acceptors (Lipinski definition) is 5. The predicted octanol–water partition coefficient (Wildman–Crippen LogP) is 1.57. The third-order valence-corrected chi connectivity index (χ3v) is 4.44. The van der Waals surface area contributed by atoms with Gasteiger partial charge in [0.2, 0.25) is 0 Å². The molecule has 0 amide bonds. The summed E-state index contributed by atoms with van der Waals surface area (Å²) in [6.07, 6.45) is 7.75. The normalized spacial score (nSPS) is 23.2. The molecule has 0 aliphatic heterocycles. The van der Waals surface area contributed by atoms with Crippen LogP contribution in [-0.4, -0.2) is 36.3 Å². The first-order valence-electron chi connectivity index (χ1n) is 8.01. The van der Waals surface area contributed by atoms with Crippen molar-refractivity contribution in [2.24, 2.45) is 11.5 Å². The zero-order valence-electron chi connectivity index (χ0n) is 14.1. The van der Waals surface area contributed by atoms with E-state index >= 15 is 0 Å². The van der Waals surface area contributed by atoms with Gasteiger partial charge in [-0.2, -0.15) is 5.10 Å². The first kappa shape index (κ1) is 16.9. The first-order chi connectivity index (χ1) is 11.6. The predicted molar refractivity (Wildman–Crippen MR) is 94.4 cm³/mol. The molecule has 2 aromatic rings. The fourth-order valence-electron chi connectivity index (χ4n) is 3.03. The molecular weight excluding hydrogens is 304 g/mol. The molecule has 4 N–H and O–H groups in total. The van der Waals surface area contributed by atoms with Crippen molar-refractivity contribution in [2.45, 2.75) is 25.0 Å². The molecule has 0 fully saturated rings. The highest BCUT2D eigenvalue weighted by Gasteiger charge is 2.32. The highest BCUT2D eigenvalue weighted by Crippen LogP contribution is 2.30. The Labute approximate surface area is 141 Å². The molecule has 0 bridgehead atoms. The molecular formula is C18H24N4O2. The van der Waals surface area contributed by atoms with Crippen LogP contribution in [0.1, 0.15) is 11.3 Å². The third kappa shape index (κ3) is 3.01. The molecule has 2 unspecified atom stereocenters. The van der Waals surface area contributed by atoms with Gasteiger partial charge in [0.1, 0.15) is 6.79 Å². The van der Waals surface area contributed by atoms with E-state index in [2.05, 4.69) is 17.2 Å². The quantitative estimate of drug-likeness (QED) is 0.621. The summed E-state index contributed by atoms with van der Waals surface area (Å²) in [6, 6.07) is 5.92. The van der Waals surface area contributed by atoms with E-state index in [1.165, 1.54) is 0 Å². The number of aromatic nitrogens is 2. The second-order valence-corrected chi connectivity index (χ2v) is 6.06. The van der Waals surface area contributed by atoms with E-state index in [0.717, 1.165) is 22.2 Å². The van der Waals surface area contributed by atoms with E-state index in [9.17, 15) is 0 Å². The van der Waals surface area contributed by atoms with Crippen LogP contribution in [0.2, 0.25) is 0 Å². The summed E-state index contributed by atoms with van der Waals surface area (Å²) in [6.45, 7) is 3.50. The number of nitrogens with two attached hydrogens (primary N) is 2. The summed E-state index contributed by atoms with van der Waals surface area (Å²) in [5, 5.41) is 5.69. The number of rotatable bonds is 6. The molecule has 0 spiro atoms. The standard InChI is InChI=1S/C18H24N4O2/c1-13-15-11-14(18(20)8-4-3-5-17(18)19)6-7-16(15)22(21-13)9-10-24-12-23-2/h3-8,11,17H,9-10,12,19-20H2,1-2H3. The maximum Gasteiger partial charge on any atom is 0.146 e. The topological polar surface area (TPSA) is 88.3 Å². The van der Waals surface area contributed by atoms with Gasteiger partial charge < -0.3 is 20.9 Å². The molecule has 2 atom stereocenters. The number of aryl methyl sites for hydroxylation is 1. The Morgan fingerprint density at radius 2 is 2.17 bits per heavy atom. The lowest BCUT2D eigenvalue weighted by Gasteiger charge is -2.33. The number of methoxy groups -OCH3 is 1. The molecule has 0 saturated heterocycles. The summed E-state index contributed by atoms with van der Waals surface area (Å²) in [5.74, 6) is 0. The van der Waals surface area contributed by atoms with Crippen molar-refractivity contribution in [1.29, 1.82) is 0 Å². The van der Waals surface area contributed by atoms with E-state index in [-0.39, 0.29) is 12.8 Å². The van der Waals surface area contributed by atoms with Gasteiger partial charge in [0.25, 0.3) is 0 Å². The fourth-order valence-corrected chi connectivity index (χ4v) is 3.03. The molecule has 1 aliphatic carbocycles. The molecule has 1 aliphatic rings. The summed E-state index contributed by atoms with van der Waals surface area (Å²) in [5.41, 5.74) is 15.1. The lowest BCUT2D eigenvalue weighted by molar-refractivity contribution is -0.0333. The van der Waals surface area contributed by atoms with Crippen molar-refractivity contribution in [3.05, 3.63) is 53.8 Å². The van der Waals surface area contributed by atoms with Gasteiger partial charge in [0, 0.05) is 18.5 Å². The summed E-state index contributed by atoms with van der Waals surface area (Å²) in [7, 11) is 1.61. The van der Waals surface area contributed by atoms with Crippen LogP contribution in [0, 0.1) is 6.92 Å². The maximum absolute atomic E-state index is 6.56. The van der Waals surface area contributed by atoms with Gasteiger partial charge in [-0.1, -0.05) is 30.4 Å². The molecule has 0 saturated carbocycles. The van der Waals surface area contributed by atoms with E-state index < -0.39 is 5.54 Å². The van der Waals surface area contributed by atoms with Crippen LogP contribution < -0.4 is 11.5 Å². The Morgan fingerprint density at radius 1 is 1.33 bits per heavy atom. The van der Waals surface area contributed by atoms with E-state index in [4.69, 9.17) is 20.9 Å². The lowest BCUT2D eigenvalue weighted by atomic mass is 9.81. The SMILES string of the molecule is COCOCCn1nc(C)c2cc(C3(N)C=CC=CC3N)ccc21.